The molecule has 0 aliphatic carbocycles. The highest BCUT2D eigenvalue weighted by molar-refractivity contribution is 7.66. The van der Waals surface area contributed by atoms with Crippen LogP contribution in [0, 0.1) is 16.7 Å². The van der Waals surface area contributed by atoms with Crippen molar-refractivity contribution in [3.8, 4) is 6.07 Å². The Morgan fingerprint density at radius 1 is 1.23 bits per heavy atom. The number of nitriles is 1. The number of aromatic nitrogens is 3. The zero-order chi connectivity index (χ0) is 26.4. The molecular formula is C14H20N5O13P3. The van der Waals surface area contributed by atoms with Crippen LogP contribution in [0.1, 0.15) is 12.6 Å². The van der Waals surface area contributed by atoms with E-state index in [2.05, 4.69) is 23.2 Å². The lowest BCUT2D eigenvalue weighted by Gasteiger charge is -2.36. The van der Waals surface area contributed by atoms with Gasteiger partial charge in [-0.25, -0.2) is 23.2 Å². The van der Waals surface area contributed by atoms with Gasteiger partial charge in [-0.3, -0.25) is 4.52 Å². The molecule has 21 heteroatoms. The molecule has 35 heavy (non-hydrogen) atoms. The third kappa shape index (κ3) is 5.19. The van der Waals surface area contributed by atoms with E-state index < -0.39 is 53.5 Å². The van der Waals surface area contributed by atoms with Crippen LogP contribution >= 0.6 is 23.5 Å². The van der Waals surface area contributed by atoms with Crippen molar-refractivity contribution in [2.75, 3.05) is 19.5 Å². The number of aliphatic hydroxyl groups is 1. The van der Waals surface area contributed by atoms with Crippen LogP contribution in [0.15, 0.2) is 18.5 Å². The predicted molar refractivity (Wildman–Crippen MR) is 111 cm³/mol. The van der Waals surface area contributed by atoms with Gasteiger partial charge in [0.2, 0.25) is 5.79 Å². The molecule has 0 saturated carbocycles. The number of hydrogen-bond donors (Lipinski definition) is 6. The van der Waals surface area contributed by atoms with Gasteiger partial charge in [-0.1, -0.05) is 0 Å². The molecule has 194 valence electrons. The van der Waals surface area contributed by atoms with E-state index in [1.165, 1.54) is 23.6 Å². The average molecular weight is 559 g/mol. The number of phosphoric ester groups is 1. The van der Waals surface area contributed by atoms with E-state index >= 15 is 0 Å². The molecule has 2 aromatic rings. The topological polar surface area (TPSA) is 279 Å². The van der Waals surface area contributed by atoms with Crippen LogP contribution in [0.2, 0.25) is 0 Å². The summed E-state index contributed by atoms with van der Waals surface area (Å²) >= 11 is 0. The molecule has 2 aromatic heterocycles. The highest BCUT2D eigenvalue weighted by Crippen LogP contribution is 2.66. The molecule has 3 unspecified atom stereocenters. The lowest BCUT2D eigenvalue weighted by Crippen LogP contribution is -2.47. The van der Waals surface area contributed by atoms with E-state index in [0.717, 1.165) is 13.4 Å². The van der Waals surface area contributed by atoms with Gasteiger partial charge in [-0.15, -0.1) is 0 Å². The Hall–Kier alpha value is -1.80. The van der Waals surface area contributed by atoms with Gasteiger partial charge < -0.3 is 39.9 Å². The maximum atomic E-state index is 12.1. The number of anilines is 1. The Labute approximate surface area is 196 Å². The Bertz CT molecular complexity index is 1310. The minimum absolute atomic E-state index is 0.0823. The maximum absolute atomic E-state index is 12.1. The van der Waals surface area contributed by atoms with E-state index in [1.54, 1.807) is 0 Å². The standard InChI is InChI=1S/C14H20N5O13P3/c1-13(6-15)11(20)9(5-29-34(24,25)32-35(26,27)31-33(21,22)23)30-14(13,28-2)10-4-3-8-12(16)17-7-18-19(8)10/h3-4,7,9,11,20H,5H2,1-2H3,(H,24,25)(H,26,27)(H2,16,17,18)(H2,21,22,23)/t9-,11-,13?,14+/m1/s1. The summed E-state index contributed by atoms with van der Waals surface area (Å²) in [6, 6.07) is 4.83. The molecule has 7 N–H and O–H groups in total. The fourth-order valence-electron chi connectivity index (χ4n) is 3.60. The van der Waals surface area contributed by atoms with Crippen LogP contribution in [0.25, 0.3) is 5.52 Å². The van der Waals surface area contributed by atoms with Crippen molar-refractivity contribution in [2.24, 2.45) is 5.41 Å². The minimum atomic E-state index is -5.76. The first-order valence-electron chi connectivity index (χ1n) is 9.20. The highest BCUT2D eigenvalue weighted by atomic mass is 31.3. The summed E-state index contributed by atoms with van der Waals surface area (Å²) < 4.78 is 58.7. The SMILES string of the molecule is CO[C@@]1(c2ccc3c(N)ncnn23)O[C@H](COP(=O)(O)OP(=O)(O)OP(=O)(O)O)[C@@H](O)C1(C)C#N. The summed E-state index contributed by atoms with van der Waals surface area (Å²) in [5.41, 5.74) is 4.34. The van der Waals surface area contributed by atoms with Gasteiger partial charge in [-0.05, 0) is 19.1 Å². The Morgan fingerprint density at radius 2 is 1.89 bits per heavy atom. The van der Waals surface area contributed by atoms with Crippen LogP contribution in [0.5, 0.6) is 0 Å². The van der Waals surface area contributed by atoms with Crippen molar-refractivity contribution in [1.29, 1.82) is 5.26 Å². The highest BCUT2D eigenvalue weighted by Gasteiger charge is 2.67. The number of nitrogens with zero attached hydrogens (tertiary/aromatic N) is 4. The van der Waals surface area contributed by atoms with Gasteiger partial charge in [0.15, 0.2) is 5.82 Å². The number of nitrogens with two attached hydrogens (primary N) is 1. The third-order valence-electron chi connectivity index (χ3n) is 5.10. The summed E-state index contributed by atoms with van der Waals surface area (Å²) in [5.74, 6) is -1.96. The summed E-state index contributed by atoms with van der Waals surface area (Å²) in [7, 11) is -15.7. The van der Waals surface area contributed by atoms with Crippen LogP contribution in [-0.4, -0.2) is 65.2 Å². The average Bonchev–Trinajstić information content (AvgIpc) is 3.24. The summed E-state index contributed by atoms with van der Waals surface area (Å²) in [6.45, 7) is 0.254. The quantitative estimate of drug-likeness (QED) is 0.216. The molecule has 1 aliphatic rings. The number of fused-ring (bicyclic) bond motifs is 1. The predicted octanol–water partition coefficient (Wildman–Crippen LogP) is -0.256. The van der Waals surface area contributed by atoms with Crippen LogP contribution in [0.3, 0.4) is 0 Å². The number of nitrogen functional groups attached to an aromatic ring is 1. The zero-order valence-corrected chi connectivity index (χ0v) is 20.5. The normalized spacial score (nSPS) is 30.6. The summed E-state index contributed by atoms with van der Waals surface area (Å²) in [5, 5.41) is 24.8. The van der Waals surface area contributed by atoms with Gasteiger partial charge in [0.05, 0.1) is 12.7 Å². The number of ether oxygens (including phenoxy) is 2. The minimum Gasteiger partial charge on any atom is -0.388 e. The van der Waals surface area contributed by atoms with Crippen molar-refractivity contribution >= 4 is 34.8 Å². The van der Waals surface area contributed by atoms with E-state index in [-0.39, 0.29) is 11.5 Å². The maximum Gasteiger partial charge on any atom is 0.490 e. The number of aliphatic hydroxyl groups excluding tert-OH is 1. The second-order valence-electron chi connectivity index (χ2n) is 7.28. The summed E-state index contributed by atoms with van der Waals surface area (Å²) in [4.78, 5) is 40.0. The largest absolute Gasteiger partial charge is 0.490 e. The second-order valence-corrected chi connectivity index (χ2v) is 11.7. The van der Waals surface area contributed by atoms with Crippen LogP contribution < -0.4 is 5.73 Å². The van der Waals surface area contributed by atoms with Crippen molar-refractivity contribution in [3.05, 3.63) is 24.2 Å². The Balaban J connectivity index is 1.90. The fraction of sp³-hybridized carbons (Fsp3) is 0.500. The fourth-order valence-corrected chi connectivity index (χ4v) is 6.63. The number of hydrogen-bond acceptors (Lipinski definition) is 13. The molecule has 0 aromatic carbocycles. The molecule has 18 nitrogen and oxygen atoms in total. The molecule has 0 bridgehead atoms. The second kappa shape index (κ2) is 9.25. The molecule has 1 saturated heterocycles. The molecular weight excluding hydrogens is 539 g/mol. The van der Waals surface area contributed by atoms with Crippen LogP contribution in [0.4, 0.5) is 5.82 Å². The van der Waals surface area contributed by atoms with Crippen molar-refractivity contribution in [3.63, 3.8) is 0 Å². The molecule has 0 radical (unpaired) electrons. The van der Waals surface area contributed by atoms with E-state index in [1.807, 2.05) is 6.07 Å². The molecule has 1 fully saturated rings. The van der Waals surface area contributed by atoms with Gasteiger partial charge in [-0.2, -0.15) is 19.0 Å². The van der Waals surface area contributed by atoms with Crippen molar-refractivity contribution < 1.29 is 61.0 Å². The van der Waals surface area contributed by atoms with Crippen molar-refractivity contribution in [1.82, 2.24) is 14.6 Å². The van der Waals surface area contributed by atoms with E-state index in [4.69, 9.17) is 25.0 Å². The Morgan fingerprint density at radius 3 is 2.46 bits per heavy atom. The first-order chi connectivity index (χ1) is 16.0. The zero-order valence-electron chi connectivity index (χ0n) is 17.8. The number of methoxy groups -OCH3 is 1. The Kier molecular flexibility index (Phi) is 7.35. The van der Waals surface area contributed by atoms with Crippen LogP contribution in [-0.2, 0) is 42.1 Å². The smallest absolute Gasteiger partial charge is 0.388 e. The molecule has 0 amide bonds. The lowest BCUT2D eigenvalue weighted by atomic mass is 9.76. The molecule has 3 rings (SSSR count). The molecule has 3 heterocycles. The lowest BCUT2D eigenvalue weighted by molar-refractivity contribution is -0.258. The van der Waals surface area contributed by atoms with Gasteiger partial charge in [0, 0.05) is 7.11 Å². The van der Waals surface area contributed by atoms with Gasteiger partial charge in [0.1, 0.15) is 35.2 Å². The van der Waals surface area contributed by atoms with E-state index in [0.29, 0.717) is 5.52 Å². The number of rotatable bonds is 9. The first-order valence-corrected chi connectivity index (χ1v) is 13.7. The van der Waals surface area contributed by atoms with E-state index in [9.17, 15) is 33.9 Å². The van der Waals surface area contributed by atoms with Gasteiger partial charge in [0.25, 0.3) is 0 Å². The van der Waals surface area contributed by atoms with Crippen molar-refractivity contribution in [2.45, 2.75) is 24.9 Å². The summed E-state index contributed by atoms with van der Waals surface area (Å²) in [6.07, 6.45) is -2.20. The molecule has 1 aliphatic heterocycles. The molecule has 6 atom stereocenters. The monoisotopic (exact) mass is 559 g/mol. The first kappa shape index (κ1) is 27.8. The molecule has 0 spiro atoms. The number of phosphoric acid groups is 3. The third-order valence-corrected chi connectivity index (χ3v) is 8.90. The van der Waals surface area contributed by atoms with Gasteiger partial charge >= 0.3 is 23.5 Å².